The molecule has 2 rings (SSSR count). The molecule has 1 heterocycles. The Kier molecular flexibility index (Phi) is 7.40. The first kappa shape index (κ1) is 21.9. The minimum Gasteiger partial charge on any atom is -0.368 e. The highest BCUT2D eigenvalue weighted by Gasteiger charge is 2.39. The van der Waals surface area contributed by atoms with Gasteiger partial charge in [0.25, 0.3) is 5.91 Å². The van der Waals surface area contributed by atoms with Gasteiger partial charge in [-0.3, -0.25) is 4.79 Å². The van der Waals surface area contributed by atoms with E-state index in [-0.39, 0.29) is 23.2 Å². The molecule has 0 atom stereocenters. The maximum Gasteiger partial charge on any atom is 0.256 e. The fourth-order valence-electron chi connectivity index (χ4n) is 2.75. The fraction of sp³-hybridized carbons (Fsp3) is 0.562. The van der Waals surface area contributed by atoms with E-state index >= 15 is 0 Å². The van der Waals surface area contributed by atoms with Crippen LogP contribution in [0.1, 0.15) is 18.4 Å². The number of ether oxygens (including phenoxy) is 1. The van der Waals surface area contributed by atoms with E-state index in [0.717, 1.165) is 4.31 Å². The predicted molar refractivity (Wildman–Crippen MR) is 99.8 cm³/mol. The molecule has 0 radical (unpaired) electrons. The molecular formula is C16H26ClN3O4S. The largest absolute Gasteiger partial charge is 0.368 e. The van der Waals surface area contributed by atoms with Gasteiger partial charge < -0.3 is 15.4 Å². The number of carbonyl (C=O) groups excluding carboxylic acids is 1. The van der Waals surface area contributed by atoms with Crippen molar-refractivity contribution in [3.05, 3.63) is 23.8 Å². The smallest absolute Gasteiger partial charge is 0.256 e. The second-order valence-corrected chi connectivity index (χ2v) is 8.29. The van der Waals surface area contributed by atoms with E-state index in [1.54, 1.807) is 19.1 Å². The third kappa shape index (κ3) is 4.51. The number of halogens is 1. The Bertz CT molecular complexity index is 716. The number of piperidine rings is 1. The summed E-state index contributed by atoms with van der Waals surface area (Å²) in [5.74, 6) is -0.247. The van der Waals surface area contributed by atoms with Crippen LogP contribution in [-0.2, 0) is 19.6 Å². The Hall–Kier alpha value is -1.19. The van der Waals surface area contributed by atoms with E-state index in [2.05, 4.69) is 10.6 Å². The van der Waals surface area contributed by atoms with E-state index < -0.39 is 15.6 Å². The molecule has 1 aliphatic heterocycles. The number of sulfonamides is 1. The van der Waals surface area contributed by atoms with E-state index in [1.165, 1.54) is 27.3 Å². The number of aryl methyl sites for hydroxylation is 1. The first-order valence-corrected chi connectivity index (χ1v) is 9.27. The highest BCUT2D eigenvalue weighted by molar-refractivity contribution is 7.89. The maximum atomic E-state index is 12.7. The standard InChI is InChI=1S/C16H25N3O4S.ClH/c1-12-5-6-13(11-14(12)24(21,22)19(2)3)18-15(20)16(23-4)7-9-17-10-8-16;/h5-6,11,17H,7-10H2,1-4H3,(H,18,20);1H. The van der Waals surface area contributed by atoms with Crippen molar-refractivity contribution >= 4 is 34.0 Å². The number of amides is 1. The van der Waals surface area contributed by atoms with E-state index in [9.17, 15) is 13.2 Å². The van der Waals surface area contributed by atoms with E-state index in [0.29, 0.717) is 37.2 Å². The van der Waals surface area contributed by atoms with Gasteiger partial charge in [0.1, 0.15) is 5.60 Å². The topological polar surface area (TPSA) is 87.7 Å². The zero-order chi connectivity index (χ0) is 18.0. The number of hydrogen-bond acceptors (Lipinski definition) is 5. The molecule has 1 amide bonds. The maximum absolute atomic E-state index is 12.7. The molecular weight excluding hydrogens is 366 g/mol. The molecule has 1 fully saturated rings. The molecule has 0 aliphatic carbocycles. The van der Waals surface area contributed by atoms with Crippen molar-refractivity contribution < 1.29 is 17.9 Å². The van der Waals surface area contributed by atoms with Crippen LogP contribution >= 0.6 is 12.4 Å². The number of anilines is 1. The van der Waals surface area contributed by atoms with Gasteiger partial charge in [0.15, 0.2) is 0 Å². The van der Waals surface area contributed by atoms with Crippen molar-refractivity contribution in [1.29, 1.82) is 0 Å². The number of carbonyl (C=O) groups is 1. The van der Waals surface area contributed by atoms with E-state index in [4.69, 9.17) is 4.74 Å². The molecule has 1 aromatic rings. The van der Waals surface area contributed by atoms with Crippen LogP contribution in [0.25, 0.3) is 0 Å². The lowest BCUT2D eigenvalue weighted by molar-refractivity contribution is -0.140. The summed E-state index contributed by atoms with van der Waals surface area (Å²) < 4.78 is 31.4. The van der Waals surface area contributed by atoms with E-state index in [1.807, 2.05) is 0 Å². The van der Waals surface area contributed by atoms with Crippen molar-refractivity contribution in [1.82, 2.24) is 9.62 Å². The summed E-state index contributed by atoms with van der Waals surface area (Å²) in [6.45, 7) is 3.14. The van der Waals surface area contributed by atoms with Gasteiger partial charge in [-0.1, -0.05) is 6.07 Å². The SMILES string of the molecule is COC1(C(=O)Nc2ccc(C)c(S(=O)(=O)N(C)C)c2)CCNCC1.Cl. The van der Waals surface area contributed by atoms with Crippen LogP contribution in [0.3, 0.4) is 0 Å². The highest BCUT2D eigenvalue weighted by atomic mass is 35.5. The normalized spacial score (nSPS) is 17.0. The summed E-state index contributed by atoms with van der Waals surface area (Å²) in [7, 11) is 0.921. The van der Waals surface area contributed by atoms with Gasteiger partial charge >= 0.3 is 0 Å². The third-order valence-corrected chi connectivity index (χ3v) is 6.38. The Morgan fingerprint density at radius 3 is 2.40 bits per heavy atom. The number of benzene rings is 1. The van der Waals surface area contributed by atoms with Gasteiger partial charge in [0, 0.05) is 26.9 Å². The number of rotatable bonds is 5. The molecule has 0 spiro atoms. The molecule has 0 unspecified atom stereocenters. The van der Waals surface area contributed by atoms with Crippen molar-refractivity contribution in [3.63, 3.8) is 0 Å². The van der Waals surface area contributed by atoms with Gasteiger partial charge in [-0.25, -0.2) is 12.7 Å². The van der Waals surface area contributed by atoms with Crippen molar-refractivity contribution in [2.75, 3.05) is 39.6 Å². The lowest BCUT2D eigenvalue weighted by atomic mass is 9.91. The molecule has 1 aliphatic rings. The van der Waals surface area contributed by atoms with Gasteiger partial charge in [-0.05, 0) is 50.6 Å². The van der Waals surface area contributed by atoms with Gasteiger partial charge in [0.05, 0.1) is 4.90 Å². The first-order chi connectivity index (χ1) is 11.2. The molecule has 25 heavy (non-hydrogen) atoms. The summed E-state index contributed by atoms with van der Waals surface area (Å²) in [5.41, 5.74) is 0.197. The van der Waals surface area contributed by atoms with Gasteiger partial charge in [0.2, 0.25) is 10.0 Å². The van der Waals surface area contributed by atoms with Crippen LogP contribution in [0.5, 0.6) is 0 Å². The zero-order valence-electron chi connectivity index (χ0n) is 15.0. The molecule has 7 nitrogen and oxygen atoms in total. The molecule has 0 bridgehead atoms. The Labute approximate surface area is 155 Å². The van der Waals surface area contributed by atoms with Gasteiger partial charge in [-0.2, -0.15) is 0 Å². The third-order valence-electron chi connectivity index (χ3n) is 4.42. The van der Waals surface area contributed by atoms with Crippen molar-refractivity contribution in [2.24, 2.45) is 0 Å². The number of methoxy groups -OCH3 is 1. The highest BCUT2D eigenvalue weighted by Crippen LogP contribution is 2.27. The average Bonchev–Trinajstić information content (AvgIpc) is 2.56. The van der Waals surface area contributed by atoms with Crippen LogP contribution in [0.4, 0.5) is 5.69 Å². The van der Waals surface area contributed by atoms with Gasteiger partial charge in [-0.15, -0.1) is 12.4 Å². The Morgan fingerprint density at radius 2 is 1.88 bits per heavy atom. The molecule has 9 heteroatoms. The number of hydrogen-bond donors (Lipinski definition) is 2. The Morgan fingerprint density at radius 1 is 1.28 bits per heavy atom. The first-order valence-electron chi connectivity index (χ1n) is 7.83. The summed E-state index contributed by atoms with van der Waals surface area (Å²) >= 11 is 0. The summed E-state index contributed by atoms with van der Waals surface area (Å²) in [6, 6.07) is 4.88. The lowest BCUT2D eigenvalue weighted by Crippen LogP contribution is -2.51. The lowest BCUT2D eigenvalue weighted by Gasteiger charge is -2.34. The zero-order valence-corrected chi connectivity index (χ0v) is 16.6. The second-order valence-electron chi connectivity index (χ2n) is 6.17. The summed E-state index contributed by atoms with van der Waals surface area (Å²) in [6.07, 6.45) is 1.15. The minimum atomic E-state index is -3.57. The van der Waals surface area contributed by atoms with Crippen LogP contribution in [0, 0.1) is 6.92 Å². The fourth-order valence-corrected chi connectivity index (χ4v) is 3.90. The molecule has 0 saturated carbocycles. The van der Waals surface area contributed by atoms with Crippen LogP contribution < -0.4 is 10.6 Å². The average molecular weight is 392 g/mol. The van der Waals surface area contributed by atoms with Crippen molar-refractivity contribution in [2.45, 2.75) is 30.3 Å². The number of nitrogens with zero attached hydrogens (tertiary/aromatic N) is 1. The monoisotopic (exact) mass is 391 g/mol. The summed E-state index contributed by atoms with van der Waals surface area (Å²) in [5, 5.41) is 6.00. The minimum absolute atomic E-state index is 0. The van der Waals surface area contributed by atoms with Crippen LogP contribution in [0.2, 0.25) is 0 Å². The molecule has 142 valence electrons. The van der Waals surface area contributed by atoms with Crippen LogP contribution in [0.15, 0.2) is 23.1 Å². The molecule has 1 saturated heterocycles. The van der Waals surface area contributed by atoms with Crippen LogP contribution in [-0.4, -0.2) is 58.5 Å². The van der Waals surface area contributed by atoms with Crippen molar-refractivity contribution in [3.8, 4) is 0 Å². The summed E-state index contributed by atoms with van der Waals surface area (Å²) in [4.78, 5) is 12.9. The predicted octanol–water partition coefficient (Wildman–Crippen LogP) is 1.37. The molecule has 2 N–H and O–H groups in total. The second kappa shape index (κ2) is 8.46. The molecule has 1 aromatic carbocycles. The Balaban J connectivity index is 0.00000312. The number of nitrogens with one attached hydrogen (secondary N) is 2. The quantitative estimate of drug-likeness (QED) is 0.791. The molecule has 0 aromatic heterocycles.